The van der Waals surface area contributed by atoms with Gasteiger partial charge in [-0.05, 0) is 56.1 Å². The van der Waals surface area contributed by atoms with Crippen molar-refractivity contribution < 1.29 is 4.74 Å². The number of rotatable bonds is 6. The van der Waals surface area contributed by atoms with Crippen molar-refractivity contribution in [3.63, 3.8) is 0 Å². The Morgan fingerprint density at radius 1 is 1.28 bits per heavy atom. The monoisotopic (exact) mass is 312 g/mol. The molecule has 1 aromatic carbocycles. The molecule has 0 saturated carbocycles. The molecule has 0 bridgehead atoms. The van der Waals surface area contributed by atoms with E-state index < -0.39 is 0 Å². The van der Waals surface area contributed by atoms with E-state index in [1.807, 2.05) is 18.2 Å². The molecule has 0 aromatic heterocycles. The van der Waals surface area contributed by atoms with Gasteiger partial charge in [0.2, 0.25) is 0 Å². The summed E-state index contributed by atoms with van der Waals surface area (Å²) in [6.45, 7) is 4.99. The van der Waals surface area contributed by atoms with E-state index in [-0.39, 0.29) is 0 Å². The van der Waals surface area contributed by atoms with E-state index in [0.29, 0.717) is 6.54 Å². The van der Waals surface area contributed by atoms with Crippen LogP contribution in [-0.4, -0.2) is 31.1 Å². The molecule has 3 nitrogen and oxygen atoms in total. The fraction of sp³-hybridized carbons (Fsp3) is 0.571. The molecular formula is C14H21BrN2O. The molecule has 0 radical (unpaired) electrons. The number of ether oxygens (including phenoxy) is 1. The number of halogens is 1. The lowest BCUT2D eigenvalue weighted by atomic mass is 10.2. The van der Waals surface area contributed by atoms with Gasteiger partial charge in [-0.2, -0.15) is 0 Å². The molecule has 1 heterocycles. The van der Waals surface area contributed by atoms with Crippen LogP contribution in [0.3, 0.4) is 0 Å². The molecule has 1 aromatic rings. The Morgan fingerprint density at radius 2 is 2.06 bits per heavy atom. The second-order valence-corrected chi connectivity index (χ2v) is 5.56. The summed E-state index contributed by atoms with van der Waals surface area (Å²) >= 11 is 3.47. The highest BCUT2D eigenvalue weighted by molar-refractivity contribution is 9.10. The van der Waals surface area contributed by atoms with Gasteiger partial charge in [-0.25, -0.2) is 0 Å². The minimum absolute atomic E-state index is 0.533. The highest BCUT2D eigenvalue weighted by atomic mass is 79.9. The molecule has 0 amide bonds. The predicted octanol–water partition coefficient (Wildman–Crippen LogP) is 2.77. The zero-order valence-corrected chi connectivity index (χ0v) is 12.3. The van der Waals surface area contributed by atoms with Crippen molar-refractivity contribution in [2.24, 2.45) is 5.73 Å². The number of likely N-dealkylation sites (tertiary alicyclic amines) is 1. The van der Waals surface area contributed by atoms with Crippen molar-refractivity contribution >= 4 is 15.9 Å². The SMILES string of the molecule is NCc1cc(OCCCN2CCCC2)ccc1Br. The fourth-order valence-corrected chi connectivity index (χ4v) is 2.69. The summed E-state index contributed by atoms with van der Waals surface area (Å²) in [5.74, 6) is 0.917. The number of nitrogens with zero attached hydrogens (tertiary/aromatic N) is 1. The van der Waals surface area contributed by atoms with Gasteiger partial charge in [-0.15, -0.1) is 0 Å². The van der Waals surface area contributed by atoms with E-state index in [0.717, 1.165) is 35.4 Å². The average Bonchev–Trinajstić information content (AvgIpc) is 2.89. The van der Waals surface area contributed by atoms with Crippen molar-refractivity contribution in [2.45, 2.75) is 25.8 Å². The van der Waals surface area contributed by atoms with E-state index in [9.17, 15) is 0 Å². The Hall–Kier alpha value is -0.580. The normalized spacial score (nSPS) is 16.1. The molecule has 0 unspecified atom stereocenters. The molecule has 0 spiro atoms. The maximum atomic E-state index is 5.76. The minimum atomic E-state index is 0.533. The molecule has 18 heavy (non-hydrogen) atoms. The van der Waals surface area contributed by atoms with Gasteiger partial charge < -0.3 is 15.4 Å². The molecule has 1 saturated heterocycles. The highest BCUT2D eigenvalue weighted by Gasteiger charge is 2.10. The zero-order chi connectivity index (χ0) is 12.8. The Kier molecular flexibility index (Phi) is 5.47. The third kappa shape index (κ3) is 3.97. The van der Waals surface area contributed by atoms with Crippen LogP contribution in [0.15, 0.2) is 22.7 Å². The van der Waals surface area contributed by atoms with Crippen LogP contribution >= 0.6 is 15.9 Å². The minimum Gasteiger partial charge on any atom is -0.494 e. The highest BCUT2D eigenvalue weighted by Crippen LogP contribution is 2.22. The Morgan fingerprint density at radius 3 is 2.78 bits per heavy atom. The Balaban J connectivity index is 1.72. The Labute approximate surface area is 117 Å². The van der Waals surface area contributed by atoms with Crippen LogP contribution in [0.2, 0.25) is 0 Å². The molecule has 0 atom stereocenters. The van der Waals surface area contributed by atoms with Crippen LogP contribution in [-0.2, 0) is 6.54 Å². The number of hydrogen-bond acceptors (Lipinski definition) is 3. The Bertz CT molecular complexity index is 378. The molecular weight excluding hydrogens is 292 g/mol. The van der Waals surface area contributed by atoms with Crippen LogP contribution in [0.25, 0.3) is 0 Å². The molecule has 2 N–H and O–H groups in total. The van der Waals surface area contributed by atoms with E-state index in [2.05, 4.69) is 20.8 Å². The van der Waals surface area contributed by atoms with Crippen molar-refractivity contribution in [1.82, 2.24) is 4.90 Å². The van der Waals surface area contributed by atoms with E-state index >= 15 is 0 Å². The molecule has 4 heteroatoms. The van der Waals surface area contributed by atoms with Gasteiger partial charge in [0.25, 0.3) is 0 Å². The van der Waals surface area contributed by atoms with Gasteiger partial charge in [-0.1, -0.05) is 15.9 Å². The van der Waals surface area contributed by atoms with Gasteiger partial charge in [-0.3, -0.25) is 0 Å². The summed E-state index contributed by atoms with van der Waals surface area (Å²) < 4.78 is 6.81. The number of benzene rings is 1. The molecule has 1 aliphatic rings. The van der Waals surface area contributed by atoms with Crippen molar-refractivity contribution in [3.8, 4) is 5.75 Å². The maximum absolute atomic E-state index is 5.76. The topological polar surface area (TPSA) is 38.5 Å². The van der Waals surface area contributed by atoms with Crippen molar-refractivity contribution in [1.29, 1.82) is 0 Å². The van der Waals surface area contributed by atoms with Crippen LogP contribution in [0, 0.1) is 0 Å². The van der Waals surface area contributed by atoms with Gasteiger partial charge in [0.05, 0.1) is 6.61 Å². The molecule has 2 rings (SSSR count). The second-order valence-electron chi connectivity index (χ2n) is 4.71. The third-order valence-corrected chi connectivity index (χ3v) is 4.10. The summed E-state index contributed by atoms with van der Waals surface area (Å²) in [7, 11) is 0. The molecule has 1 fully saturated rings. The predicted molar refractivity (Wildman–Crippen MR) is 77.8 cm³/mol. The van der Waals surface area contributed by atoms with Crippen molar-refractivity contribution in [2.75, 3.05) is 26.2 Å². The number of nitrogens with two attached hydrogens (primary N) is 1. The summed E-state index contributed by atoms with van der Waals surface area (Å²) in [6.07, 6.45) is 3.80. The van der Waals surface area contributed by atoms with Crippen molar-refractivity contribution in [3.05, 3.63) is 28.2 Å². The first kappa shape index (κ1) is 13.8. The molecule has 1 aliphatic heterocycles. The lowest BCUT2D eigenvalue weighted by molar-refractivity contribution is 0.263. The zero-order valence-electron chi connectivity index (χ0n) is 10.7. The lowest BCUT2D eigenvalue weighted by Crippen LogP contribution is -2.21. The van der Waals surface area contributed by atoms with Gasteiger partial charge in [0.15, 0.2) is 0 Å². The van der Waals surface area contributed by atoms with Crippen LogP contribution in [0.1, 0.15) is 24.8 Å². The summed E-state index contributed by atoms with van der Waals surface area (Å²) in [4.78, 5) is 2.51. The smallest absolute Gasteiger partial charge is 0.119 e. The van der Waals surface area contributed by atoms with Crippen LogP contribution in [0.5, 0.6) is 5.75 Å². The van der Waals surface area contributed by atoms with Gasteiger partial charge in [0, 0.05) is 17.6 Å². The van der Waals surface area contributed by atoms with E-state index in [1.165, 1.54) is 25.9 Å². The lowest BCUT2D eigenvalue weighted by Gasteiger charge is -2.14. The first-order valence-corrected chi connectivity index (χ1v) is 7.42. The fourth-order valence-electron chi connectivity index (χ4n) is 2.28. The van der Waals surface area contributed by atoms with E-state index in [4.69, 9.17) is 10.5 Å². The van der Waals surface area contributed by atoms with Gasteiger partial charge >= 0.3 is 0 Å². The van der Waals surface area contributed by atoms with Crippen LogP contribution in [0.4, 0.5) is 0 Å². The third-order valence-electron chi connectivity index (χ3n) is 3.32. The maximum Gasteiger partial charge on any atom is 0.119 e. The summed E-state index contributed by atoms with van der Waals surface area (Å²) in [5, 5.41) is 0. The average molecular weight is 313 g/mol. The van der Waals surface area contributed by atoms with Crippen LogP contribution < -0.4 is 10.5 Å². The largest absolute Gasteiger partial charge is 0.494 e. The second kappa shape index (κ2) is 7.12. The first-order chi connectivity index (χ1) is 8.79. The van der Waals surface area contributed by atoms with E-state index in [1.54, 1.807) is 0 Å². The standard InChI is InChI=1S/C14H21BrN2O/c15-14-5-4-13(10-12(14)11-16)18-9-3-8-17-6-1-2-7-17/h4-5,10H,1-3,6-9,11,16H2. The first-order valence-electron chi connectivity index (χ1n) is 6.63. The van der Waals surface area contributed by atoms with Gasteiger partial charge in [0.1, 0.15) is 5.75 Å². The summed E-state index contributed by atoms with van der Waals surface area (Å²) in [6, 6.07) is 6.00. The molecule has 100 valence electrons. The summed E-state index contributed by atoms with van der Waals surface area (Å²) in [5.41, 5.74) is 6.75. The quantitative estimate of drug-likeness (QED) is 0.821. The molecule has 0 aliphatic carbocycles. The number of hydrogen-bond donors (Lipinski definition) is 1.